The van der Waals surface area contributed by atoms with Gasteiger partial charge >= 0.3 is 0 Å². The second kappa shape index (κ2) is 8.45. The molecule has 1 aromatic rings. The number of carbonyl (C=O) groups excluding carboxylic acids is 1. The number of hydrogen-bond acceptors (Lipinski definition) is 3. The summed E-state index contributed by atoms with van der Waals surface area (Å²) >= 11 is 5.69. The molecular formula is C15H20BrIN2O2. The van der Waals surface area contributed by atoms with E-state index in [1.165, 1.54) is 0 Å². The lowest BCUT2D eigenvalue weighted by molar-refractivity contribution is 0.00842. The number of benzene rings is 1. The Hall–Kier alpha value is -0.180. The first-order valence-corrected chi connectivity index (χ1v) is 9.05. The van der Waals surface area contributed by atoms with E-state index in [0.29, 0.717) is 6.54 Å². The normalized spacial score (nSPS) is 16.2. The van der Waals surface area contributed by atoms with E-state index in [9.17, 15) is 4.79 Å². The number of nitrogens with zero attached hydrogens (tertiary/aromatic N) is 1. The average molecular weight is 467 g/mol. The van der Waals surface area contributed by atoms with Gasteiger partial charge in [-0.3, -0.25) is 4.79 Å². The standard InChI is InChI=1S/C15H20BrIN2O2/c16-14-3-2-11(17)10-13(14)15(20)19-7-4-12(5-8-19)21-9-1-6-18/h2-3,10,12H,1,4-9,18H2. The van der Waals surface area contributed by atoms with Crippen molar-refractivity contribution in [1.82, 2.24) is 4.90 Å². The van der Waals surface area contributed by atoms with Gasteiger partial charge in [-0.1, -0.05) is 0 Å². The van der Waals surface area contributed by atoms with E-state index in [4.69, 9.17) is 10.5 Å². The molecule has 1 aliphatic heterocycles. The third-order valence-electron chi connectivity index (χ3n) is 3.59. The molecule has 6 heteroatoms. The minimum absolute atomic E-state index is 0.0980. The van der Waals surface area contributed by atoms with Crippen LogP contribution >= 0.6 is 38.5 Å². The summed E-state index contributed by atoms with van der Waals surface area (Å²) in [4.78, 5) is 14.5. The van der Waals surface area contributed by atoms with E-state index in [-0.39, 0.29) is 12.0 Å². The molecule has 0 bridgehead atoms. The lowest BCUT2D eigenvalue weighted by Gasteiger charge is -2.32. The van der Waals surface area contributed by atoms with Crippen LogP contribution in [0.15, 0.2) is 22.7 Å². The van der Waals surface area contributed by atoms with Gasteiger partial charge in [0.25, 0.3) is 5.91 Å². The number of piperidine rings is 1. The second-order valence-corrected chi connectivity index (χ2v) is 7.23. The van der Waals surface area contributed by atoms with Crippen LogP contribution in [0.3, 0.4) is 0 Å². The molecule has 0 saturated carbocycles. The Balaban J connectivity index is 1.89. The molecule has 0 atom stereocenters. The molecule has 1 fully saturated rings. The first-order valence-electron chi connectivity index (χ1n) is 7.18. The molecule has 116 valence electrons. The predicted octanol–water partition coefficient (Wildman–Crippen LogP) is 3.02. The van der Waals surface area contributed by atoms with Gasteiger partial charge in [-0.05, 0) is 82.5 Å². The quantitative estimate of drug-likeness (QED) is 0.536. The summed E-state index contributed by atoms with van der Waals surface area (Å²) in [7, 11) is 0. The van der Waals surface area contributed by atoms with Crippen molar-refractivity contribution in [3.05, 3.63) is 31.8 Å². The van der Waals surface area contributed by atoms with E-state index >= 15 is 0 Å². The number of halogens is 2. The van der Waals surface area contributed by atoms with Gasteiger partial charge in [-0.2, -0.15) is 0 Å². The fourth-order valence-electron chi connectivity index (χ4n) is 2.39. The highest BCUT2D eigenvalue weighted by molar-refractivity contribution is 14.1. The fraction of sp³-hybridized carbons (Fsp3) is 0.533. The van der Waals surface area contributed by atoms with Crippen molar-refractivity contribution in [1.29, 1.82) is 0 Å². The molecule has 0 spiro atoms. The number of hydrogen-bond donors (Lipinski definition) is 1. The van der Waals surface area contributed by atoms with Gasteiger partial charge < -0.3 is 15.4 Å². The molecule has 2 N–H and O–H groups in total. The Morgan fingerprint density at radius 3 is 2.81 bits per heavy atom. The highest BCUT2D eigenvalue weighted by atomic mass is 127. The minimum Gasteiger partial charge on any atom is -0.378 e. The summed E-state index contributed by atoms with van der Waals surface area (Å²) in [6.45, 7) is 2.89. The molecule has 0 aromatic heterocycles. The molecular weight excluding hydrogens is 447 g/mol. The third kappa shape index (κ3) is 4.91. The van der Waals surface area contributed by atoms with Crippen LogP contribution in [0.5, 0.6) is 0 Å². The van der Waals surface area contributed by atoms with Crippen molar-refractivity contribution >= 4 is 44.4 Å². The summed E-state index contributed by atoms with van der Waals surface area (Å²) in [6, 6.07) is 5.84. The van der Waals surface area contributed by atoms with Crippen LogP contribution in [0, 0.1) is 3.57 Å². The van der Waals surface area contributed by atoms with Crippen LogP contribution in [0.25, 0.3) is 0 Å². The van der Waals surface area contributed by atoms with Crippen molar-refractivity contribution in [3.63, 3.8) is 0 Å². The van der Waals surface area contributed by atoms with Crippen molar-refractivity contribution in [2.75, 3.05) is 26.2 Å². The van der Waals surface area contributed by atoms with Crippen LogP contribution < -0.4 is 5.73 Å². The van der Waals surface area contributed by atoms with Gasteiger partial charge in [0.15, 0.2) is 0 Å². The summed E-state index contributed by atoms with van der Waals surface area (Å²) in [5, 5.41) is 0. The highest BCUT2D eigenvalue weighted by Crippen LogP contribution is 2.23. The number of nitrogens with two attached hydrogens (primary N) is 1. The Morgan fingerprint density at radius 2 is 2.14 bits per heavy atom. The molecule has 1 amide bonds. The summed E-state index contributed by atoms with van der Waals surface area (Å²) in [5.41, 5.74) is 6.20. The van der Waals surface area contributed by atoms with Crippen LogP contribution in [-0.4, -0.2) is 43.2 Å². The largest absolute Gasteiger partial charge is 0.378 e. The third-order valence-corrected chi connectivity index (χ3v) is 4.95. The van der Waals surface area contributed by atoms with Gasteiger partial charge in [-0.15, -0.1) is 0 Å². The van der Waals surface area contributed by atoms with E-state index in [2.05, 4.69) is 38.5 Å². The monoisotopic (exact) mass is 466 g/mol. The Labute approximate surface area is 147 Å². The van der Waals surface area contributed by atoms with E-state index in [1.54, 1.807) is 0 Å². The van der Waals surface area contributed by atoms with Crippen LogP contribution in [0.1, 0.15) is 29.6 Å². The van der Waals surface area contributed by atoms with E-state index < -0.39 is 0 Å². The molecule has 2 rings (SSSR count). The van der Waals surface area contributed by atoms with Gasteiger partial charge in [0.05, 0.1) is 11.7 Å². The maximum absolute atomic E-state index is 12.6. The summed E-state index contributed by atoms with van der Waals surface area (Å²) in [6.07, 6.45) is 2.96. The van der Waals surface area contributed by atoms with Gasteiger partial charge in [0.1, 0.15) is 0 Å². The summed E-state index contributed by atoms with van der Waals surface area (Å²) in [5.74, 6) is 0.0980. The average Bonchev–Trinajstić information content (AvgIpc) is 2.50. The molecule has 0 aliphatic carbocycles. The maximum atomic E-state index is 12.6. The Morgan fingerprint density at radius 1 is 1.43 bits per heavy atom. The number of amides is 1. The maximum Gasteiger partial charge on any atom is 0.255 e. The van der Waals surface area contributed by atoms with Crippen molar-refractivity contribution in [2.45, 2.75) is 25.4 Å². The molecule has 0 unspecified atom stereocenters. The zero-order valence-electron chi connectivity index (χ0n) is 11.9. The topological polar surface area (TPSA) is 55.6 Å². The minimum atomic E-state index is 0.0980. The van der Waals surface area contributed by atoms with Gasteiger partial charge in [0.2, 0.25) is 0 Å². The molecule has 1 saturated heterocycles. The van der Waals surface area contributed by atoms with Crippen molar-refractivity contribution in [2.24, 2.45) is 5.73 Å². The van der Waals surface area contributed by atoms with Crippen molar-refractivity contribution in [3.8, 4) is 0 Å². The number of carbonyl (C=O) groups is 1. The molecule has 1 aromatic carbocycles. The predicted molar refractivity (Wildman–Crippen MR) is 95.4 cm³/mol. The zero-order valence-corrected chi connectivity index (χ0v) is 15.6. The molecule has 1 heterocycles. The molecule has 4 nitrogen and oxygen atoms in total. The Kier molecular flexibility index (Phi) is 6.91. The first kappa shape index (κ1) is 17.2. The van der Waals surface area contributed by atoms with Gasteiger partial charge in [-0.25, -0.2) is 0 Å². The van der Waals surface area contributed by atoms with Crippen LogP contribution in [-0.2, 0) is 4.74 Å². The Bertz CT molecular complexity index is 491. The van der Waals surface area contributed by atoms with Crippen LogP contribution in [0.4, 0.5) is 0 Å². The first-order chi connectivity index (χ1) is 10.1. The van der Waals surface area contributed by atoms with Gasteiger partial charge in [0, 0.05) is 27.7 Å². The SMILES string of the molecule is NCCCOC1CCN(C(=O)c2cc(I)ccc2Br)CC1. The lowest BCUT2D eigenvalue weighted by atomic mass is 10.1. The molecule has 1 aliphatic rings. The van der Waals surface area contributed by atoms with E-state index in [0.717, 1.165) is 52.6 Å². The number of rotatable bonds is 5. The fourth-order valence-corrected chi connectivity index (χ4v) is 3.30. The zero-order chi connectivity index (χ0) is 15.2. The van der Waals surface area contributed by atoms with E-state index in [1.807, 2.05) is 23.1 Å². The lowest BCUT2D eigenvalue weighted by Crippen LogP contribution is -2.41. The smallest absolute Gasteiger partial charge is 0.255 e. The van der Waals surface area contributed by atoms with Crippen LogP contribution in [0.2, 0.25) is 0 Å². The number of likely N-dealkylation sites (tertiary alicyclic amines) is 1. The molecule has 0 radical (unpaired) electrons. The summed E-state index contributed by atoms with van der Waals surface area (Å²) < 4.78 is 7.70. The second-order valence-electron chi connectivity index (χ2n) is 5.13. The van der Waals surface area contributed by atoms with Crippen molar-refractivity contribution < 1.29 is 9.53 Å². The highest BCUT2D eigenvalue weighted by Gasteiger charge is 2.25. The number of ether oxygens (including phenoxy) is 1. The molecule has 21 heavy (non-hydrogen) atoms.